The number of hydrogen-bond acceptors (Lipinski definition) is 5. The van der Waals surface area contributed by atoms with Crippen LogP contribution in [0, 0.1) is 0 Å². The SMILES string of the molecule is CC(=O)NC(c1ccc2c(c1)CCO2)c1ccc2c(c1)CN(C1CCC(=O)NC1=O)C2=O. The van der Waals surface area contributed by atoms with E-state index < -0.39 is 11.9 Å². The largest absolute Gasteiger partial charge is 0.493 e. The number of fused-ring (bicyclic) bond motifs is 2. The number of ether oxygens (including phenoxy) is 1. The second kappa shape index (κ2) is 7.78. The zero-order valence-corrected chi connectivity index (χ0v) is 17.6. The van der Waals surface area contributed by atoms with E-state index in [0.29, 0.717) is 25.1 Å². The van der Waals surface area contributed by atoms with Gasteiger partial charge in [-0.1, -0.05) is 18.2 Å². The fourth-order valence-electron chi connectivity index (χ4n) is 4.72. The van der Waals surface area contributed by atoms with Gasteiger partial charge in [-0.05, 0) is 46.9 Å². The molecule has 1 fully saturated rings. The van der Waals surface area contributed by atoms with E-state index in [9.17, 15) is 19.2 Å². The maximum atomic E-state index is 13.0. The summed E-state index contributed by atoms with van der Waals surface area (Å²) in [6.07, 6.45) is 1.37. The molecule has 0 radical (unpaired) electrons. The van der Waals surface area contributed by atoms with Gasteiger partial charge < -0.3 is 15.0 Å². The van der Waals surface area contributed by atoms with Gasteiger partial charge in [-0.25, -0.2) is 0 Å². The first-order valence-corrected chi connectivity index (χ1v) is 10.7. The van der Waals surface area contributed by atoms with Gasteiger partial charge >= 0.3 is 0 Å². The fourth-order valence-corrected chi connectivity index (χ4v) is 4.72. The summed E-state index contributed by atoms with van der Waals surface area (Å²) in [4.78, 5) is 50.2. The predicted octanol–water partition coefficient (Wildman–Crippen LogP) is 1.61. The molecule has 2 aromatic rings. The minimum absolute atomic E-state index is 0.159. The van der Waals surface area contributed by atoms with Gasteiger partial charge in [0.15, 0.2) is 0 Å². The first kappa shape index (κ1) is 20.2. The Morgan fingerprint density at radius 3 is 2.59 bits per heavy atom. The van der Waals surface area contributed by atoms with Crippen LogP contribution in [0.1, 0.15) is 58.4 Å². The average molecular weight is 433 g/mol. The summed E-state index contributed by atoms with van der Waals surface area (Å²) < 4.78 is 5.59. The summed E-state index contributed by atoms with van der Waals surface area (Å²) in [6, 6.07) is 10.4. The van der Waals surface area contributed by atoms with Crippen molar-refractivity contribution in [2.75, 3.05) is 6.61 Å². The van der Waals surface area contributed by atoms with Gasteiger partial charge in [0.05, 0.1) is 12.6 Å². The Kier molecular flexibility index (Phi) is 4.92. The van der Waals surface area contributed by atoms with Crippen molar-refractivity contribution in [1.82, 2.24) is 15.5 Å². The number of benzene rings is 2. The van der Waals surface area contributed by atoms with E-state index in [1.54, 1.807) is 6.07 Å². The second-order valence-electron chi connectivity index (χ2n) is 8.42. The molecular weight excluding hydrogens is 410 g/mol. The molecule has 0 aromatic heterocycles. The van der Waals surface area contributed by atoms with Gasteiger partial charge in [0.2, 0.25) is 17.7 Å². The van der Waals surface area contributed by atoms with Gasteiger partial charge in [0, 0.05) is 31.9 Å². The summed E-state index contributed by atoms with van der Waals surface area (Å²) in [5.74, 6) is -0.246. The van der Waals surface area contributed by atoms with Crippen molar-refractivity contribution in [3.8, 4) is 5.75 Å². The molecule has 2 unspecified atom stereocenters. The monoisotopic (exact) mass is 433 g/mol. The lowest BCUT2D eigenvalue weighted by Gasteiger charge is -2.29. The summed E-state index contributed by atoms with van der Waals surface area (Å²) >= 11 is 0. The minimum atomic E-state index is -0.654. The molecule has 8 heteroatoms. The Labute approximate surface area is 184 Å². The molecule has 0 spiro atoms. The molecule has 8 nitrogen and oxygen atoms in total. The molecule has 2 atom stereocenters. The van der Waals surface area contributed by atoms with E-state index in [2.05, 4.69) is 16.7 Å². The third kappa shape index (κ3) is 3.51. The predicted molar refractivity (Wildman–Crippen MR) is 114 cm³/mol. The molecule has 164 valence electrons. The Hall–Kier alpha value is -3.68. The molecule has 32 heavy (non-hydrogen) atoms. The van der Waals surface area contributed by atoms with E-state index >= 15 is 0 Å². The van der Waals surface area contributed by atoms with Crippen molar-refractivity contribution in [1.29, 1.82) is 0 Å². The molecule has 3 aliphatic rings. The molecule has 3 heterocycles. The zero-order chi connectivity index (χ0) is 22.4. The molecule has 2 aromatic carbocycles. The number of nitrogens with one attached hydrogen (secondary N) is 2. The molecule has 4 amide bonds. The highest BCUT2D eigenvalue weighted by Gasteiger charge is 2.39. The highest BCUT2D eigenvalue weighted by Crippen LogP contribution is 2.34. The summed E-state index contributed by atoms with van der Waals surface area (Å²) in [6.45, 7) is 2.42. The van der Waals surface area contributed by atoms with Gasteiger partial charge in [-0.15, -0.1) is 0 Å². The zero-order valence-electron chi connectivity index (χ0n) is 17.6. The van der Waals surface area contributed by atoms with Crippen LogP contribution in [0.15, 0.2) is 36.4 Å². The Morgan fingerprint density at radius 2 is 1.84 bits per heavy atom. The van der Waals surface area contributed by atoms with Gasteiger partial charge in [-0.3, -0.25) is 24.5 Å². The number of hydrogen-bond donors (Lipinski definition) is 2. The van der Waals surface area contributed by atoms with Gasteiger partial charge in [-0.2, -0.15) is 0 Å². The van der Waals surface area contributed by atoms with Crippen LogP contribution < -0.4 is 15.4 Å². The van der Waals surface area contributed by atoms with E-state index in [4.69, 9.17) is 4.74 Å². The summed E-state index contributed by atoms with van der Waals surface area (Å²) in [5.41, 5.74) is 4.25. The van der Waals surface area contributed by atoms with Crippen molar-refractivity contribution >= 4 is 23.6 Å². The molecule has 0 aliphatic carbocycles. The normalized spacial score (nSPS) is 20.3. The fraction of sp³-hybridized carbons (Fsp3) is 0.333. The van der Waals surface area contributed by atoms with Crippen molar-refractivity contribution in [3.05, 3.63) is 64.2 Å². The second-order valence-corrected chi connectivity index (χ2v) is 8.42. The number of imide groups is 1. The quantitative estimate of drug-likeness (QED) is 0.713. The molecule has 5 rings (SSSR count). The van der Waals surface area contributed by atoms with Crippen molar-refractivity contribution in [2.45, 2.75) is 44.8 Å². The number of carbonyl (C=O) groups is 4. The lowest BCUT2D eigenvalue weighted by molar-refractivity contribution is -0.137. The van der Waals surface area contributed by atoms with Crippen LogP contribution in [-0.2, 0) is 27.3 Å². The lowest BCUT2D eigenvalue weighted by atomic mass is 9.94. The van der Waals surface area contributed by atoms with Gasteiger partial charge in [0.25, 0.3) is 5.91 Å². The number of rotatable bonds is 4. The van der Waals surface area contributed by atoms with Crippen LogP contribution in [-0.4, -0.2) is 41.2 Å². The molecular formula is C24H23N3O5. The topological polar surface area (TPSA) is 105 Å². The average Bonchev–Trinajstić information content (AvgIpc) is 3.35. The smallest absolute Gasteiger partial charge is 0.255 e. The Bertz CT molecular complexity index is 1160. The van der Waals surface area contributed by atoms with Crippen LogP contribution in [0.5, 0.6) is 5.75 Å². The summed E-state index contributed by atoms with van der Waals surface area (Å²) in [7, 11) is 0. The van der Waals surface area contributed by atoms with Crippen LogP contribution in [0.3, 0.4) is 0 Å². The molecule has 1 saturated heterocycles. The van der Waals surface area contributed by atoms with E-state index in [-0.39, 0.29) is 30.2 Å². The first-order valence-electron chi connectivity index (χ1n) is 10.7. The third-order valence-electron chi connectivity index (χ3n) is 6.28. The first-order chi connectivity index (χ1) is 15.4. The highest BCUT2D eigenvalue weighted by atomic mass is 16.5. The van der Waals surface area contributed by atoms with Crippen LogP contribution >= 0.6 is 0 Å². The lowest BCUT2D eigenvalue weighted by Crippen LogP contribution is -2.52. The Balaban J connectivity index is 1.45. The number of nitrogens with zero attached hydrogens (tertiary/aromatic N) is 1. The van der Waals surface area contributed by atoms with Crippen LogP contribution in [0.4, 0.5) is 0 Å². The number of carbonyl (C=O) groups excluding carboxylic acids is 4. The third-order valence-corrected chi connectivity index (χ3v) is 6.28. The molecule has 0 saturated carbocycles. The number of amides is 4. The van der Waals surface area contributed by atoms with Crippen molar-refractivity contribution in [3.63, 3.8) is 0 Å². The molecule has 0 bridgehead atoms. The molecule has 3 aliphatic heterocycles. The van der Waals surface area contributed by atoms with Crippen LogP contribution in [0.25, 0.3) is 0 Å². The maximum absolute atomic E-state index is 13.0. The molecule has 2 N–H and O–H groups in total. The summed E-state index contributed by atoms with van der Waals surface area (Å²) in [5, 5.41) is 5.33. The Morgan fingerprint density at radius 1 is 1.09 bits per heavy atom. The van der Waals surface area contributed by atoms with Crippen molar-refractivity contribution < 1.29 is 23.9 Å². The number of piperidine rings is 1. The van der Waals surface area contributed by atoms with Crippen molar-refractivity contribution in [2.24, 2.45) is 0 Å². The minimum Gasteiger partial charge on any atom is -0.493 e. The highest BCUT2D eigenvalue weighted by molar-refractivity contribution is 6.05. The van der Waals surface area contributed by atoms with E-state index in [0.717, 1.165) is 34.4 Å². The van der Waals surface area contributed by atoms with Crippen LogP contribution in [0.2, 0.25) is 0 Å². The maximum Gasteiger partial charge on any atom is 0.255 e. The van der Waals surface area contributed by atoms with E-state index in [1.165, 1.54) is 11.8 Å². The van der Waals surface area contributed by atoms with Gasteiger partial charge in [0.1, 0.15) is 11.8 Å². The standard InChI is InChI=1S/C24H23N3O5/c1-13(28)25-22(16-3-6-20-14(10-16)8-9-32-20)15-2-4-18-17(11-15)12-27(24(18)31)19-5-7-21(29)26-23(19)30/h2-4,6,10-11,19,22H,5,7-9,12H2,1H3,(H,25,28)(H,26,29,30). The van der Waals surface area contributed by atoms with E-state index in [1.807, 2.05) is 24.3 Å².